The van der Waals surface area contributed by atoms with Crippen LogP contribution in [0.1, 0.15) is 0 Å². The zero-order chi connectivity index (χ0) is 12.5. The largest absolute Gasteiger partial charge is 0.366 e. The summed E-state index contributed by atoms with van der Waals surface area (Å²) in [5, 5.41) is 12.9. The molecule has 0 aromatic carbocycles. The van der Waals surface area contributed by atoms with Crippen molar-refractivity contribution < 1.29 is 0 Å². The SMILES string of the molecule is Nc1n[nH]c(-c2cccc(-c3nc(N)n[nH]3)n2)n1. The summed E-state index contributed by atoms with van der Waals surface area (Å²) >= 11 is 0. The lowest BCUT2D eigenvalue weighted by atomic mass is 10.3. The van der Waals surface area contributed by atoms with E-state index in [9.17, 15) is 0 Å². The van der Waals surface area contributed by atoms with Crippen LogP contribution in [0.4, 0.5) is 11.9 Å². The maximum atomic E-state index is 5.44. The first kappa shape index (κ1) is 10.2. The van der Waals surface area contributed by atoms with Gasteiger partial charge in [0.1, 0.15) is 11.4 Å². The number of H-pyrrole nitrogens is 2. The van der Waals surface area contributed by atoms with Crippen LogP contribution in [0.15, 0.2) is 18.2 Å². The highest BCUT2D eigenvalue weighted by molar-refractivity contribution is 5.58. The van der Waals surface area contributed by atoms with Gasteiger partial charge in [-0.3, -0.25) is 10.2 Å². The maximum Gasteiger partial charge on any atom is 0.239 e. The molecule has 0 saturated heterocycles. The van der Waals surface area contributed by atoms with Crippen LogP contribution in [0.25, 0.3) is 23.0 Å². The molecule has 90 valence electrons. The van der Waals surface area contributed by atoms with E-state index in [1.54, 1.807) is 12.1 Å². The Hall–Kier alpha value is -2.97. The van der Waals surface area contributed by atoms with Crippen LogP contribution in [-0.2, 0) is 0 Å². The zero-order valence-corrected chi connectivity index (χ0v) is 9.12. The first-order chi connectivity index (χ1) is 8.72. The van der Waals surface area contributed by atoms with E-state index in [1.807, 2.05) is 6.07 Å². The number of nitrogens with one attached hydrogen (secondary N) is 2. The fourth-order valence-corrected chi connectivity index (χ4v) is 1.48. The average molecular weight is 243 g/mol. The molecule has 0 bridgehead atoms. The van der Waals surface area contributed by atoms with Crippen LogP contribution < -0.4 is 11.5 Å². The molecule has 0 saturated carbocycles. The van der Waals surface area contributed by atoms with Gasteiger partial charge in [-0.05, 0) is 12.1 Å². The summed E-state index contributed by atoms with van der Waals surface area (Å²) < 4.78 is 0. The summed E-state index contributed by atoms with van der Waals surface area (Å²) in [5.74, 6) is 1.31. The van der Waals surface area contributed by atoms with Crippen LogP contribution in [0.3, 0.4) is 0 Å². The molecule has 18 heavy (non-hydrogen) atoms. The number of nitrogen functional groups attached to an aromatic ring is 2. The number of aromatic amines is 2. The van der Waals surface area contributed by atoms with Gasteiger partial charge in [-0.15, -0.1) is 10.2 Å². The van der Waals surface area contributed by atoms with Crippen molar-refractivity contribution in [3.05, 3.63) is 18.2 Å². The normalized spacial score (nSPS) is 10.7. The summed E-state index contributed by atoms with van der Waals surface area (Å²) in [6.07, 6.45) is 0. The number of aromatic nitrogens is 7. The molecule has 0 atom stereocenters. The zero-order valence-electron chi connectivity index (χ0n) is 9.12. The van der Waals surface area contributed by atoms with Crippen LogP contribution in [0.5, 0.6) is 0 Å². The molecule has 0 unspecified atom stereocenters. The number of nitrogens with zero attached hydrogens (tertiary/aromatic N) is 5. The predicted octanol–water partition coefficient (Wildman–Crippen LogP) is -0.184. The fraction of sp³-hybridized carbons (Fsp3) is 0. The second kappa shape index (κ2) is 3.80. The second-order valence-electron chi connectivity index (χ2n) is 3.49. The van der Waals surface area contributed by atoms with E-state index in [0.717, 1.165) is 0 Å². The number of hydrogen-bond acceptors (Lipinski definition) is 7. The predicted molar refractivity (Wildman–Crippen MR) is 63.8 cm³/mol. The van der Waals surface area contributed by atoms with Gasteiger partial charge in [0.05, 0.1) is 0 Å². The molecule has 6 N–H and O–H groups in total. The molecule has 3 aromatic rings. The fourth-order valence-electron chi connectivity index (χ4n) is 1.48. The van der Waals surface area contributed by atoms with Gasteiger partial charge in [0, 0.05) is 0 Å². The summed E-state index contributed by atoms with van der Waals surface area (Å²) in [6.45, 7) is 0. The molecular formula is C9H9N9. The molecule has 0 aliphatic heterocycles. The lowest BCUT2D eigenvalue weighted by Gasteiger charge is -1.98. The second-order valence-corrected chi connectivity index (χ2v) is 3.49. The average Bonchev–Trinajstić information content (AvgIpc) is 2.98. The third kappa shape index (κ3) is 1.73. The van der Waals surface area contributed by atoms with E-state index in [-0.39, 0.29) is 11.9 Å². The number of rotatable bonds is 2. The van der Waals surface area contributed by atoms with E-state index < -0.39 is 0 Å². The highest BCUT2D eigenvalue weighted by Gasteiger charge is 2.09. The van der Waals surface area contributed by atoms with Crippen LogP contribution in [0.2, 0.25) is 0 Å². The van der Waals surface area contributed by atoms with E-state index in [2.05, 4.69) is 35.3 Å². The molecular weight excluding hydrogens is 234 g/mol. The molecule has 3 rings (SSSR count). The van der Waals surface area contributed by atoms with Crippen LogP contribution in [-0.4, -0.2) is 35.3 Å². The Morgan fingerprint density at radius 2 is 1.28 bits per heavy atom. The monoisotopic (exact) mass is 243 g/mol. The molecule has 0 radical (unpaired) electrons. The van der Waals surface area contributed by atoms with Gasteiger partial charge in [-0.2, -0.15) is 9.97 Å². The van der Waals surface area contributed by atoms with Gasteiger partial charge >= 0.3 is 0 Å². The van der Waals surface area contributed by atoms with E-state index >= 15 is 0 Å². The number of anilines is 2. The molecule has 3 aromatic heterocycles. The van der Waals surface area contributed by atoms with Crippen molar-refractivity contribution in [1.82, 2.24) is 35.3 Å². The highest BCUT2D eigenvalue weighted by Crippen LogP contribution is 2.18. The summed E-state index contributed by atoms with van der Waals surface area (Å²) in [7, 11) is 0. The van der Waals surface area contributed by atoms with Crippen molar-refractivity contribution in [2.45, 2.75) is 0 Å². The minimum Gasteiger partial charge on any atom is -0.366 e. The van der Waals surface area contributed by atoms with Crippen molar-refractivity contribution in [2.24, 2.45) is 0 Å². The van der Waals surface area contributed by atoms with E-state index in [4.69, 9.17) is 11.5 Å². The molecule has 0 spiro atoms. The molecule has 3 heterocycles. The Kier molecular flexibility index (Phi) is 2.15. The number of hydrogen-bond donors (Lipinski definition) is 4. The van der Waals surface area contributed by atoms with E-state index in [0.29, 0.717) is 23.0 Å². The quantitative estimate of drug-likeness (QED) is 0.487. The summed E-state index contributed by atoms with van der Waals surface area (Å²) in [4.78, 5) is 12.4. The Morgan fingerprint density at radius 3 is 1.67 bits per heavy atom. The molecule has 0 aliphatic rings. The Morgan fingerprint density at radius 1 is 0.778 bits per heavy atom. The van der Waals surface area contributed by atoms with Gasteiger partial charge in [0.2, 0.25) is 11.9 Å². The molecule has 0 aliphatic carbocycles. The first-order valence-electron chi connectivity index (χ1n) is 5.06. The molecule has 9 heteroatoms. The third-order valence-electron chi connectivity index (χ3n) is 2.24. The van der Waals surface area contributed by atoms with Crippen molar-refractivity contribution >= 4 is 11.9 Å². The number of pyridine rings is 1. The van der Waals surface area contributed by atoms with Gasteiger partial charge < -0.3 is 11.5 Å². The molecule has 0 amide bonds. The van der Waals surface area contributed by atoms with Gasteiger partial charge in [0.15, 0.2) is 11.6 Å². The highest BCUT2D eigenvalue weighted by atomic mass is 15.3. The first-order valence-corrected chi connectivity index (χ1v) is 5.06. The molecule has 9 nitrogen and oxygen atoms in total. The molecule has 0 fully saturated rings. The lowest BCUT2D eigenvalue weighted by Crippen LogP contribution is -1.91. The van der Waals surface area contributed by atoms with Gasteiger partial charge in [-0.1, -0.05) is 6.07 Å². The maximum absolute atomic E-state index is 5.44. The Bertz CT molecular complexity index is 627. The van der Waals surface area contributed by atoms with Crippen molar-refractivity contribution in [1.29, 1.82) is 0 Å². The topological polar surface area (TPSA) is 148 Å². The Labute approximate surface area is 101 Å². The van der Waals surface area contributed by atoms with Gasteiger partial charge in [0.25, 0.3) is 0 Å². The minimum absolute atomic E-state index is 0.168. The third-order valence-corrected chi connectivity index (χ3v) is 2.24. The van der Waals surface area contributed by atoms with Gasteiger partial charge in [-0.25, -0.2) is 4.98 Å². The van der Waals surface area contributed by atoms with Crippen molar-refractivity contribution in [2.75, 3.05) is 11.5 Å². The minimum atomic E-state index is 0.168. The van der Waals surface area contributed by atoms with Crippen molar-refractivity contribution in [3.63, 3.8) is 0 Å². The summed E-state index contributed by atoms with van der Waals surface area (Å²) in [5.41, 5.74) is 12.1. The van der Waals surface area contributed by atoms with Crippen LogP contribution >= 0.6 is 0 Å². The van der Waals surface area contributed by atoms with Crippen molar-refractivity contribution in [3.8, 4) is 23.0 Å². The smallest absolute Gasteiger partial charge is 0.239 e. The number of nitrogens with two attached hydrogens (primary N) is 2. The lowest BCUT2D eigenvalue weighted by molar-refractivity contribution is 1.08. The van der Waals surface area contributed by atoms with E-state index in [1.165, 1.54) is 0 Å². The standard InChI is InChI=1S/C9H9N9/c10-8-13-6(15-17-8)4-2-1-3-5(12-4)7-14-9(11)18-16-7/h1-3H,(H3,10,13,15,17)(H3,11,14,16,18). The Balaban J connectivity index is 2.04. The van der Waals surface area contributed by atoms with Crippen LogP contribution in [0, 0.1) is 0 Å². The summed E-state index contributed by atoms with van der Waals surface area (Å²) in [6, 6.07) is 5.38.